The second-order valence-corrected chi connectivity index (χ2v) is 13.8. The van der Waals surface area contributed by atoms with Gasteiger partial charge in [0, 0.05) is 12.6 Å². The number of aliphatic carboxylic acids is 1. The molecular weight excluding hydrogens is 715 g/mol. The molecule has 54 heavy (non-hydrogen) atoms. The van der Waals surface area contributed by atoms with Crippen molar-refractivity contribution in [1.29, 1.82) is 0 Å². The van der Waals surface area contributed by atoms with Gasteiger partial charge in [-0.1, -0.05) is 83.7 Å². The lowest BCUT2D eigenvalue weighted by molar-refractivity contribution is -0.192. The van der Waals surface area contributed by atoms with Crippen molar-refractivity contribution in [3.63, 3.8) is 0 Å². The molecule has 4 amide bonds. The quantitative estimate of drug-likeness (QED) is 0.0579. The minimum absolute atomic E-state index is 0.0190. The number of alkyl carbamates (subject to hydrolysis) is 1. The van der Waals surface area contributed by atoms with E-state index in [-0.39, 0.29) is 55.7 Å². The maximum atomic E-state index is 13.7. The molecule has 1 aliphatic rings. The van der Waals surface area contributed by atoms with Crippen LogP contribution in [0.3, 0.4) is 0 Å². The molecule has 0 bridgehead atoms. The van der Waals surface area contributed by atoms with Gasteiger partial charge in [0.25, 0.3) is 0 Å². The molecule has 5 atom stereocenters. The number of carboxylic acid groups (broad SMARTS) is 1. The molecule has 0 saturated heterocycles. The minimum Gasteiger partial charge on any atom is -0.475 e. The monoisotopic (exact) mass is 773 g/mol. The summed E-state index contributed by atoms with van der Waals surface area (Å²) in [4.78, 5) is 65.6. The summed E-state index contributed by atoms with van der Waals surface area (Å²) in [5.74, 6) is -4.29. The Kier molecular flexibility index (Phi) is 21.6. The Morgan fingerprint density at radius 2 is 1.57 bits per heavy atom. The van der Waals surface area contributed by atoms with E-state index in [2.05, 4.69) is 26.3 Å². The lowest BCUT2D eigenvalue weighted by Crippen LogP contribution is -2.58. The van der Waals surface area contributed by atoms with Crippen LogP contribution < -0.4 is 32.7 Å². The summed E-state index contributed by atoms with van der Waals surface area (Å²) < 4.78 is 37.1. The molecule has 1 aliphatic carbocycles. The number of nitrogens with two attached hydrogens (primary N) is 2. The van der Waals surface area contributed by atoms with Crippen molar-refractivity contribution in [2.24, 2.45) is 28.3 Å². The predicted molar refractivity (Wildman–Crippen MR) is 196 cm³/mol. The average molecular weight is 774 g/mol. The topological polar surface area (TPSA) is 248 Å². The number of carbonyl (C=O) groups is 5. The second-order valence-electron chi connectivity index (χ2n) is 13.8. The summed E-state index contributed by atoms with van der Waals surface area (Å²) in [6.45, 7) is 7.94. The van der Waals surface area contributed by atoms with Gasteiger partial charge in [0.1, 0.15) is 18.7 Å². The summed E-state index contributed by atoms with van der Waals surface area (Å²) in [5.41, 5.74) is 11.6. The van der Waals surface area contributed by atoms with Gasteiger partial charge in [-0.05, 0) is 49.5 Å². The van der Waals surface area contributed by atoms with Crippen LogP contribution in [0.5, 0.6) is 0 Å². The lowest BCUT2D eigenvalue weighted by Gasteiger charge is -2.31. The zero-order valence-electron chi connectivity index (χ0n) is 31.5. The van der Waals surface area contributed by atoms with Gasteiger partial charge in [0.2, 0.25) is 17.7 Å². The van der Waals surface area contributed by atoms with Gasteiger partial charge < -0.3 is 47.7 Å². The van der Waals surface area contributed by atoms with Crippen molar-refractivity contribution in [1.82, 2.24) is 21.3 Å². The van der Waals surface area contributed by atoms with Crippen LogP contribution in [0.15, 0.2) is 35.3 Å². The fraction of sp³-hybridized carbons (Fsp3) is 0.667. The first-order chi connectivity index (χ1) is 25.3. The van der Waals surface area contributed by atoms with Gasteiger partial charge in [0.15, 0.2) is 5.96 Å². The predicted octanol–water partition coefficient (Wildman–Crippen LogP) is 3.23. The number of nitrogens with zero attached hydrogens (tertiary/aromatic N) is 1. The van der Waals surface area contributed by atoms with Gasteiger partial charge >= 0.3 is 18.2 Å². The Morgan fingerprint density at radius 1 is 0.963 bits per heavy atom. The molecule has 1 saturated carbocycles. The van der Waals surface area contributed by atoms with Crippen LogP contribution >= 0.6 is 0 Å². The number of rotatable bonds is 19. The Bertz CT molecular complexity index is 1340. The molecule has 0 aromatic heterocycles. The van der Waals surface area contributed by atoms with Crippen LogP contribution in [-0.2, 0) is 30.5 Å². The third-order valence-electron chi connectivity index (χ3n) is 8.68. The molecule has 0 unspecified atom stereocenters. The maximum absolute atomic E-state index is 13.7. The van der Waals surface area contributed by atoms with Gasteiger partial charge in [-0.25, -0.2) is 9.59 Å². The number of benzene rings is 1. The highest BCUT2D eigenvalue weighted by atomic mass is 19.4. The van der Waals surface area contributed by atoms with Crippen molar-refractivity contribution in [2.75, 3.05) is 6.54 Å². The SMILES string of the molecule is CC[C@H](C)[C@H](NC(=O)[C@H](CCCN=C(N)N)NC(=O)OCc1ccccc1)C(=O)N[C@@H](CC(C)C)[C@@H](O)CC(=O)NC1CCCCC1.O=C(O)C(F)(F)F. The summed E-state index contributed by atoms with van der Waals surface area (Å²) in [5, 5.41) is 29.6. The number of carboxylic acids is 1. The number of carbonyl (C=O) groups excluding carboxylic acids is 4. The summed E-state index contributed by atoms with van der Waals surface area (Å²) in [6, 6.07) is 6.54. The van der Waals surface area contributed by atoms with E-state index in [0.717, 1.165) is 31.2 Å². The van der Waals surface area contributed by atoms with E-state index in [4.69, 9.17) is 26.1 Å². The average Bonchev–Trinajstić information content (AvgIpc) is 3.10. The number of amides is 4. The number of aliphatic hydroxyl groups excluding tert-OH is 1. The first kappa shape index (κ1) is 47.4. The molecule has 306 valence electrons. The highest BCUT2D eigenvalue weighted by molar-refractivity contribution is 5.91. The van der Waals surface area contributed by atoms with E-state index in [1.807, 2.05) is 58.0 Å². The van der Waals surface area contributed by atoms with Crippen LogP contribution in [0.2, 0.25) is 0 Å². The van der Waals surface area contributed by atoms with Gasteiger partial charge in [-0.3, -0.25) is 19.4 Å². The number of ether oxygens (including phenoxy) is 1. The summed E-state index contributed by atoms with van der Waals surface area (Å²) in [7, 11) is 0. The van der Waals surface area contributed by atoms with Crippen LogP contribution in [0, 0.1) is 11.8 Å². The van der Waals surface area contributed by atoms with E-state index < -0.39 is 54.3 Å². The van der Waals surface area contributed by atoms with E-state index in [0.29, 0.717) is 19.3 Å². The Hall–Kier alpha value is -4.61. The van der Waals surface area contributed by atoms with Crippen molar-refractivity contribution in [3.8, 4) is 0 Å². The first-order valence-corrected chi connectivity index (χ1v) is 18.2. The number of alkyl halides is 3. The van der Waals surface area contributed by atoms with Crippen LogP contribution in [0.1, 0.15) is 97.5 Å². The van der Waals surface area contributed by atoms with Crippen molar-refractivity contribution in [2.45, 2.75) is 135 Å². The minimum atomic E-state index is -5.08. The molecule has 10 N–H and O–H groups in total. The van der Waals surface area contributed by atoms with Crippen molar-refractivity contribution in [3.05, 3.63) is 35.9 Å². The molecule has 0 spiro atoms. The number of aliphatic imine (C=N–C) groups is 1. The molecule has 0 heterocycles. The first-order valence-electron chi connectivity index (χ1n) is 18.2. The number of nitrogens with one attached hydrogen (secondary N) is 4. The zero-order chi connectivity index (χ0) is 40.8. The van der Waals surface area contributed by atoms with Crippen LogP contribution in [-0.4, -0.2) is 88.9 Å². The smallest absolute Gasteiger partial charge is 0.475 e. The standard InChI is InChI=1S/C34H57N7O6.C2HF3O2/c1-5-23(4)30(32(45)39-27(19-22(2)3)28(42)20-29(43)38-25-15-10-7-11-16-25)41-31(44)26(17-12-18-37-33(35)36)40-34(46)47-21-24-13-8-6-9-14-24;3-2(4,5)1(6)7/h6,8-9,13-14,22-23,25-28,30,42H,5,7,10-12,15-21H2,1-4H3,(H,38,43)(H,39,45)(H,40,46)(H,41,44)(H4,35,36,37);(H,6,7)/t23-,26-,27-,28-,30-;/m0./s1. The van der Waals surface area contributed by atoms with Gasteiger partial charge in [-0.2, -0.15) is 13.2 Å². The lowest BCUT2D eigenvalue weighted by atomic mass is 9.93. The Morgan fingerprint density at radius 3 is 2.11 bits per heavy atom. The molecule has 0 radical (unpaired) electrons. The van der Waals surface area contributed by atoms with Crippen molar-refractivity contribution >= 4 is 35.7 Å². The zero-order valence-corrected chi connectivity index (χ0v) is 31.5. The third-order valence-corrected chi connectivity index (χ3v) is 8.68. The largest absolute Gasteiger partial charge is 0.490 e. The Labute approximate surface area is 314 Å². The fourth-order valence-corrected chi connectivity index (χ4v) is 5.59. The van der Waals surface area contributed by atoms with E-state index >= 15 is 0 Å². The van der Waals surface area contributed by atoms with Crippen molar-refractivity contribution < 1.29 is 52.1 Å². The van der Waals surface area contributed by atoms with E-state index in [9.17, 15) is 37.5 Å². The fourth-order valence-electron chi connectivity index (χ4n) is 5.59. The summed E-state index contributed by atoms with van der Waals surface area (Å²) >= 11 is 0. The number of guanidine groups is 1. The molecule has 0 aliphatic heterocycles. The number of halogens is 3. The van der Waals surface area contributed by atoms with E-state index in [1.54, 1.807) is 0 Å². The molecule has 15 nitrogen and oxygen atoms in total. The number of hydrogen-bond donors (Lipinski definition) is 8. The van der Waals surface area contributed by atoms with Gasteiger partial charge in [-0.15, -0.1) is 0 Å². The second kappa shape index (κ2) is 24.7. The van der Waals surface area contributed by atoms with Crippen LogP contribution in [0.25, 0.3) is 0 Å². The number of aliphatic hydroxyl groups is 1. The molecule has 2 rings (SSSR count). The Balaban J connectivity index is 0.00000189. The highest BCUT2D eigenvalue weighted by Gasteiger charge is 2.38. The highest BCUT2D eigenvalue weighted by Crippen LogP contribution is 2.19. The maximum Gasteiger partial charge on any atom is 0.490 e. The third kappa shape index (κ3) is 20.0. The molecule has 1 aromatic rings. The molecule has 1 aromatic carbocycles. The van der Waals surface area contributed by atoms with Crippen LogP contribution in [0.4, 0.5) is 18.0 Å². The normalized spacial score (nSPS) is 15.9. The molecular formula is C36H58F3N7O8. The number of hydrogen-bond acceptors (Lipinski definition) is 8. The summed E-state index contributed by atoms with van der Waals surface area (Å²) in [6.07, 6.45) is -0.377. The molecule has 18 heteroatoms. The van der Waals surface area contributed by atoms with Gasteiger partial charge in [0.05, 0.1) is 18.6 Å². The van der Waals surface area contributed by atoms with E-state index in [1.165, 1.54) is 6.42 Å². The molecule has 1 fully saturated rings.